The highest BCUT2D eigenvalue weighted by atomic mass is 35.5. The monoisotopic (exact) mass is 370 g/mol. The van der Waals surface area contributed by atoms with E-state index < -0.39 is 18.4 Å². The number of nitrogens with one attached hydrogen (secondary N) is 1. The summed E-state index contributed by atoms with van der Waals surface area (Å²) in [6.07, 6.45) is 2.72. The van der Waals surface area contributed by atoms with Crippen molar-refractivity contribution in [2.24, 2.45) is 0 Å². The van der Waals surface area contributed by atoms with Crippen LogP contribution in [0.25, 0.3) is 0 Å². The predicted molar refractivity (Wildman–Crippen MR) is 87.0 cm³/mol. The van der Waals surface area contributed by atoms with Gasteiger partial charge in [-0.2, -0.15) is 8.78 Å². The van der Waals surface area contributed by atoms with Crippen molar-refractivity contribution in [2.75, 3.05) is 19.8 Å². The van der Waals surface area contributed by atoms with Crippen molar-refractivity contribution in [3.63, 3.8) is 0 Å². The molecule has 1 aromatic carbocycles. The molecule has 1 aliphatic rings. The van der Waals surface area contributed by atoms with Gasteiger partial charge in [0.05, 0.1) is 6.54 Å². The van der Waals surface area contributed by atoms with Crippen LogP contribution in [0.4, 0.5) is 8.78 Å². The summed E-state index contributed by atoms with van der Waals surface area (Å²) in [6, 6.07) is 5.22. The van der Waals surface area contributed by atoms with E-state index in [0.29, 0.717) is 24.1 Å². The van der Waals surface area contributed by atoms with Crippen LogP contribution in [-0.2, 0) is 10.7 Å². The molecule has 0 bridgehead atoms. The minimum absolute atomic E-state index is 0.00611. The van der Waals surface area contributed by atoms with E-state index in [2.05, 4.69) is 10.3 Å². The summed E-state index contributed by atoms with van der Waals surface area (Å²) in [4.78, 5) is 16.2. The minimum Gasteiger partial charge on any atom is -0.448 e. The lowest BCUT2D eigenvalue weighted by molar-refractivity contribution is -0.00252. The Morgan fingerprint density at radius 2 is 1.96 bits per heavy atom. The van der Waals surface area contributed by atoms with Crippen LogP contribution in [0.2, 0.25) is 5.02 Å². The molecule has 0 unspecified atom stereocenters. The lowest BCUT2D eigenvalue weighted by atomic mass is 10.0. The summed E-state index contributed by atoms with van der Waals surface area (Å²) < 4.78 is 38.9. The maximum absolute atomic E-state index is 14.1. The smallest absolute Gasteiger partial charge is 0.290 e. The molecule has 1 amide bonds. The van der Waals surface area contributed by atoms with Crippen LogP contribution in [0.5, 0.6) is 0 Å². The summed E-state index contributed by atoms with van der Waals surface area (Å²) in [5.41, 5.74) is -0.228. The molecule has 1 fully saturated rings. The molecule has 0 aliphatic carbocycles. The fraction of sp³-hybridized carbons (Fsp3) is 0.412. The fourth-order valence-electron chi connectivity index (χ4n) is 2.60. The standard InChI is InChI=1S/C17H17ClF2N2O3/c18-13-3-1-12(2-4-13)17(19,20)10-21-15(23)14-9-25-16(22-14)11-5-7-24-8-6-11/h1-4,9,11H,5-8,10H2,(H,21,23). The number of alkyl halides is 2. The fourth-order valence-corrected chi connectivity index (χ4v) is 2.73. The van der Waals surface area contributed by atoms with E-state index in [1.807, 2.05) is 0 Å². The van der Waals surface area contributed by atoms with Gasteiger partial charge in [0.2, 0.25) is 0 Å². The zero-order valence-corrected chi connectivity index (χ0v) is 14.1. The third-order valence-corrected chi connectivity index (χ3v) is 4.31. The minimum atomic E-state index is -3.21. The predicted octanol–water partition coefficient (Wildman–Crippen LogP) is 3.74. The number of rotatable bonds is 5. The lowest BCUT2D eigenvalue weighted by Crippen LogP contribution is -2.35. The number of halogens is 3. The topological polar surface area (TPSA) is 64.4 Å². The Hall–Kier alpha value is -1.99. The van der Waals surface area contributed by atoms with E-state index >= 15 is 0 Å². The van der Waals surface area contributed by atoms with Gasteiger partial charge in [-0.05, 0) is 25.0 Å². The Morgan fingerprint density at radius 3 is 2.64 bits per heavy atom. The summed E-state index contributed by atoms with van der Waals surface area (Å²) >= 11 is 5.69. The molecule has 1 saturated heterocycles. The number of carbonyl (C=O) groups is 1. The third kappa shape index (κ3) is 4.35. The Kier molecular flexibility index (Phi) is 5.34. The van der Waals surface area contributed by atoms with Gasteiger partial charge < -0.3 is 14.5 Å². The molecule has 8 heteroatoms. The molecule has 0 radical (unpaired) electrons. The highest BCUT2D eigenvalue weighted by molar-refractivity contribution is 6.30. The molecule has 134 valence electrons. The molecule has 1 N–H and O–H groups in total. The zero-order chi connectivity index (χ0) is 17.9. The number of carbonyl (C=O) groups excluding carboxylic acids is 1. The number of benzene rings is 1. The first kappa shape index (κ1) is 17.8. The SMILES string of the molecule is O=C(NCC(F)(F)c1ccc(Cl)cc1)c1coc(C2CCOCC2)n1. The normalized spacial score (nSPS) is 16.0. The van der Waals surface area contributed by atoms with Crippen LogP contribution < -0.4 is 5.32 Å². The number of aromatic nitrogens is 1. The van der Waals surface area contributed by atoms with E-state index in [0.717, 1.165) is 12.8 Å². The van der Waals surface area contributed by atoms with Crippen molar-refractivity contribution >= 4 is 17.5 Å². The molecule has 5 nitrogen and oxygen atoms in total. The van der Waals surface area contributed by atoms with Crippen molar-refractivity contribution in [3.05, 3.63) is 52.7 Å². The Labute approximate surface area is 148 Å². The summed E-state index contributed by atoms with van der Waals surface area (Å²) in [6.45, 7) is 0.386. The van der Waals surface area contributed by atoms with Crippen molar-refractivity contribution < 1.29 is 22.7 Å². The molecule has 1 aliphatic heterocycles. The van der Waals surface area contributed by atoms with E-state index in [4.69, 9.17) is 20.8 Å². The van der Waals surface area contributed by atoms with Gasteiger partial charge in [0, 0.05) is 29.7 Å². The molecule has 3 rings (SSSR count). The number of ether oxygens (including phenoxy) is 1. The average molecular weight is 371 g/mol. The van der Waals surface area contributed by atoms with Gasteiger partial charge in [-0.15, -0.1) is 0 Å². The lowest BCUT2D eigenvalue weighted by Gasteiger charge is -2.18. The second-order valence-electron chi connectivity index (χ2n) is 5.85. The van der Waals surface area contributed by atoms with Gasteiger partial charge in [0.15, 0.2) is 11.6 Å². The van der Waals surface area contributed by atoms with Gasteiger partial charge in [-0.25, -0.2) is 4.98 Å². The zero-order valence-electron chi connectivity index (χ0n) is 13.3. The van der Waals surface area contributed by atoms with Crippen LogP contribution in [0, 0.1) is 0 Å². The van der Waals surface area contributed by atoms with Crippen molar-refractivity contribution in [3.8, 4) is 0 Å². The van der Waals surface area contributed by atoms with E-state index in [1.165, 1.54) is 30.5 Å². The number of oxazole rings is 1. The molecular formula is C17H17ClF2N2O3. The van der Waals surface area contributed by atoms with E-state index in [1.54, 1.807) is 0 Å². The van der Waals surface area contributed by atoms with Crippen LogP contribution in [-0.4, -0.2) is 30.6 Å². The first-order valence-corrected chi connectivity index (χ1v) is 8.29. The van der Waals surface area contributed by atoms with E-state index in [9.17, 15) is 13.6 Å². The maximum Gasteiger partial charge on any atom is 0.290 e. The van der Waals surface area contributed by atoms with Crippen molar-refractivity contribution in [2.45, 2.75) is 24.7 Å². The number of hydrogen-bond acceptors (Lipinski definition) is 4. The number of nitrogens with zero attached hydrogens (tertiary/aromatic N) is 1. The molecule has 2 heterocycles. The Bertz CT molecular complexity index is 728. The van der Waals surface area contributed by atoms with Crippen molar-refractivity contribution in [1.29, 1.82) is 0 Å². The molecule has 1 aromatic heterocycles. The molecule has 0 spiro atoms. The molecule has 2 aromatic rings. The van der Waals surface area contributed by atoms with Gasteiger partial charge in [0.25, 0.3) is 11.8 Å². The summed E-state index contributed by atoms with van der Waals surface area (Å²) in [5.74, 6) is -3.38. The van der Waals surface area contributed by atoms with Crippen LogP contribution in [0.3, 0.4) is 0 Å². The van der Waals surface area contributed by atoms with Gasteiger partial charge in [-0.1, -0.05) is 23.7 Å². The Balaban J connectivity index is 1.60. The second kappa shape index (κ2) is 7.49. The maximum atomic E-state index is 14.1. The first-order valence-electron chi connectivity index (χ1n) is 7.91. The highest BCUT2D eigenvalue weighted by Gasteiger charge is 2.32. The van der Waals surface area contributed by atoms with Gasteiger partial charge >= 0.3 is 0 Å². The third-order valence-electron chi connectivity index (χ3n) is 4.06. The second-order valence-corrected chi connectivity index (χ2v) is 6.29. The quantitative estimate of drug-likeness (QED) is 0.870. The highest BCUT2D eigenvalue weighted by Crippen LogP contribution is 2.29. The van der Waals surface area contributed by atoms with E-state index in [-0.39, 0.29) is 17.2 Å². The summed E-state index contributed by atoms with van der Waals surface area (Å²) in [5, 5.41) is 2.57. The van der Waals surface area contributed by atoms with Gasteiger partial charge in [0.1, 0.15) is 6.26 Å². The number of hydrogen-bond donors (Lipinski definition) is 1. The molecule has 25 heavy (non-hydrogen) atoms. The average Bonchev–Trinajstić information content (AvgIpc) is 3.11. The van der Waals surface area contributed by atoms with Crippen LogP contribution >= 0.6 is 11.6 Å². The van der Waals surface area contributed by atoms with Crippen LogP contribution in [0.1, 0.15) is 40.7 Å². The largest absolute Gasteiger partial charge is 0.448 e. The summed E-state index contributed by atoms with van der Waals surface area (Å²) in [7, 11) is 0. The van der Waals surface area contributed by atoms with Crippen molar-refractivity contribution in [1.82, 2.24) is 10.3 Å². The molecule has 0 saturated carbocycles. The van der Waals surface area contributed by atoms with Gasteiger partial charge in [-0.3, -0.25) is 4.79 Å². The first-order chi connectivity index (χ1) is 12.0. The Morgan fingerprint density at radius 1 is 1.28 bits per heavy atom. The van der Waals surface area contributed by atoms with Crippen LogP contribution in [0.15, 0.2) is 34.9 Å². The molecule has 0 atom stereocenters. The molecular weight excluding hydrogens is 354 g/mol. The number of amides is 1.